The van der Waals surface area contributed by atoms with Gasteiger partial charge in [-0.2, -0.15) is 0 Å². The van der Waals surface area contributed by atoms with Crippen molar-refractivity contribution in [3.05, 3.63) is 22.4 Å². The molecule has 3 nitrogen and oxygen atoms in total. The lowest BCUT2D eigenvalue weighted by Gasteiger charge is -2.20. The first-order valence-electron chi connectivity index (χ1n) is 6.07. The van der Waals surface area contributed by atoms with Crippen molar-refractivity contribution in [1.82, 2.24) is 4.90 Å². The van der Waals surface area contributed by atoms with E-state index in [1.54, 1.807) is 11.3 Å². The van der Waals surface area contributed by atoms with E-state index in [1.165, 1.54) is 0 Å². The fourth-order valence-corrected chi connectivity index (χ4v) is 3.13. The van der Waals surface area contributed by atoms with Crippen LogP contribution in [-0.4, -0.2) is 29.0 Å². The van der Waals surface area contributed by atoms with Crippen LogP contribution in [0.4, 0.5) is 0 Å². The van der Waals surface area contributed by atoms with Crippen LogP contribution in [0.1, 0.15) is 31.2 Å². The van der Waals surface area contributed by atoms with E-state index < -0.39 is 6.10 Å². The van der Waals surface area contributed by atoms with Gasteiger partial charge in [0, 0.05) is 30.3 Å². The summed E-state index contributed by atoms with van der Waals surface area (Å²) in [7, 11) is 0. The molecule has 0 bridgehead atoms. The molecule has 1 aliphatic rings. The highest BCUT2D eigenvalue weighted by atomic mass is 32.1. The Labute approximate surface area is 106 Å². The molecule has 0 aliphatic carbocycles. The SMILES string of the molecule is CC(C)CN1CC(C(O)c2cccs2)CC1=O. The van der Waals surface area contributed by atoms with Crippen molar-refractivity contribution in [2.45, 2.75) is 26.4 Å². The first kappa shape index (κ1) is 12.6. The normalized spacial score (nSPS) is 22.5. The molecule has 1 aliphatic heterocycles. The average Bonchev–Trinajstić information content (AvgIpc) is 2.87. The van der Waals surface area contributed by atoms with Gasteiger partial charge < -0.3 is 10.0 Å². The molecule has 1 N–H and O–H groups in total. The van der Waals surface area contributed by atoms with E-state index in [-0.39, 0.29) is 11.8 Å². The first-order valence-corrected chi connectivity index (χ1v) is 6.95. The zero-order valence-corrected chi connectivity index (χ0v) is 11.1. The number of thiophene rings is 1. The number of carbonyl (C=O) groups is 1. The van der Waals surface area contributed by atoms with Gasteiger partial charge in [-0.05, 0) is 17.4 Å². The largest absolute Gasteiger partial charge is 0.387 e. The second kappa shape index (κ2) is 5.19. The van der Waals surface area contributed by atoms with Gasteiger partial charge in [0.1, 0.15) is 0 Å². The van der Waals surface area contributed by atoms with E-state index >= 15 is 0 Å². The lowest BCUT2D eigenvalue weighted by atomic mass is 10.0. The zero-order chi connectivity index (χ0) is 12.4. The van der Waals surface area contributed by atoms with Crippen LogP contribution in [0.25, 0.3) is 0 Å². The molecule has 1 fully saturated rings. The van der Waals surface area contributed by atoms with Crippen molar-refractivity contribution < 1.29 is 9.90 Å². The Kier molecular flexibility index (Phi) is 3.84. The van der Waals surface area contributed by atoms with E-state index in [2.05, 4.69) is 13.8 Å². The van der Waals surface area contributed by atoms with E-state index in [1.807, 2.05) is 22.4 Å². The third-order valence-electron chi connectivity index (χ3n) is 3.11. The van der Waals surface area contributed by atoms with Crippen molar-refractivity contribution in [3.8, 4) is 0 Å². The Morgan fingerprint density at radius 1 is 1.59 bits per heavy atom. The van der Waals surface area contributed by atoms with Crippen molar-refractivity contribution in [1.29, 1.82) is 0 Å². The molecule has 0 radical (unpaired) electrons. The number of aliphatic hydroxyl groups excluding tert-OH is 1. The Morgan fingerprint density at radius 3 is 2.94 bits per heavy atom. The van der Waals surface area contributed by atoms with Gasteiger partial charge >= 0.3 is 0 Å². The van der Waals surface area contributed by atoms with Crippen LogP contribution in [0.3, 0.4) is 0 Å². The lowest BCUT2D eigenvalue weighted by Crippen LogP contribution is -2.29. The summed E-state index contributed by atoms with van der Waals surface area (Å²) in [6.07, 6.45) is -0.0117. The fourth-order valence-electron chi connectivity index (χ4n) is 2.32. The molecule has 1 saturated heterocycles. The van der Waals surface area contributed by atoms with Crippen LogP contribution >= 0.6 is 11.3 Å². The number of nitrogens with zero attached hydrogens (tertiary/aromatic N) is 1. The molecule has 1 aromatic rings. The van der Waals surface area contributed by atoms with Crippen LogP contribution in [0, 0.1) is 11.8 Å². The summed E-state index contributed by atoms with van der Waals surface area (Å²) < 4.78 is 0. The number of amides is 1. The molecule has 0 aromatic carbocycles. The van der Waals surface area contributed by atoms with E-state index in [4.69, 9.17) is 0 Å². The van der Waals surface area contributed by atoms with Gasteiger partial charge in [0.25, 0.3) is 0 Å². The number of likely N-dealkylation sites (tertiary alicyclic amines) is 1. The monoisotopic (exact) mass is 253 g/mol. The number of hydrogen-bond acceptors (Lipinski definition) is 3. The maximum Gasteiger partial charge on any atom is 0.223 e. The molecule has 2 unspecified atom stereocenters. The Hall–Kier alpha value is -0.870. The molecule has 0 spiro atoms. The van der Waals surface area contributed by atoms with Crippen LogP contribution in [-0.2, 0) is 4.79 Å². The smallest absolute Gasteiger partial charge is 0.223 e. The molecular weight excluding hydrogens is 234 g/mol. The first-order chi connectivity index (χ1) is 8.08. The lowest BCUT2D eigenvalue weighted by molar-refractivity contribution is -0.128. The summed E-state index contributed by atoms with van der Waals surface area (Å²) in [4.78, 5) is 14.7. The quantitative estimate of drug-likeness (QED) is 0.894. The average molecular weight is 253 g/mol. The summed E-state index contributed by atoms with van der Waals surface area (Å²) in [6, 6.07) is 3.87. The highest BCUT2D eigenvalue weighted by Crippen LogP contribution is 2.33. The predicted octanol–water partition coefficient (Wildman–Crippen LogP) is 2.29. The zero-order valence-electron chi connectivity index (χ0n) is 10.3. The highest BCUT2D eigenvalue weighted by Gasteiger charge is 2.35. The van der Waals surface area contributed by atoms with Gasteiger partial charge in [0.2, 0.25) is 5.91 Å². The molecule has 2 rings (SSSR count). The predicted molar refractivity (Wildman–Crippen MR) is 68.8 cm³/mol. The molecule has 94 valence electrons. The summed E-state index contributed by atoms with van der Waals surface area (Å²) >= 11 is 1.55. The van der Waals surface area contributed by atoms with Gasteiger partial charge in [-0.15, -0.1) is 11.3 Å². The van der Waals surface area contributed by atoms with Crippen molar-refractivity contribution in [2.75, 3.05) is 13.1 Å². The second-order valence-corrected chi connectivity index (χ2v) is 6.10. The Morgan fingerprint density at radius 2 is 2.35 bits per heavy atom. The summed E-state index contributed by atoms with van der Waals surface area (Å²) in [5.41, 5.74) is 0. The van der Waals surface area contributed by atoms with Crippen LogP contribution in [0.5, 0.6) is 0 Å². The summed E-state index contributed by atoms with van der Waals surface area (Å²) in [6.45, 7) is 5.70. The Balaban J connectivity index is 1.99. The summed E-state index contributed by atoms with van der Waals surface area (Å²) in [5.74, 6) is 0.718. The van der Waals surface area contributed by atoms with Crippen LogP contribution in [0.2, 0.25) is 0 Å². The minimum Gasteiger partial charge on any atom is -0.387 e. The van der Waals surface area contributed by atoms with Gasteiger partial charge in [-0.3, -0.25) is 4.79 Å². The molecule has 17 heavy (non-hydrogen) atoms. The standard InChI is InChI=1S/C13H19NO2S/c1-9(2)7-14-8-10(6-12(14)15)13(16)11-4-3-5-17-11/h3-5,9-10,13,16H,6-8H2,1-2H3. The van der Waals surface area contributed by atoms with Gasteiger partial charge in [-0.25, -0.2) is 0 Å². The highest BCUT2D eigenvalue weighted by molar-refractivity contribution is 7.10. The minimum atomic E-state index is -0.490. The number of hydrogen-bond donors (Lipinski definition) is 1. The van der Waals surface area contributed by atoms with E-state index in [0.29, 0.717) is 18.9 Å². The number of rotatable bonds is 4. The maximum atomic E-state index is 11.8. The van der Waals surface area contributed by atoms with Crippen molar-refractivity contribution >= 4 is 17.2 Å². The maximum absolute atomic E-state index is 11.8. The fraction of sp³-hybridized carbons (Fsp3) is 0.615. The molecule has 1 aromatic heterocycles. The Bertz CT molecular complexity index is 375. The van der Waals surface area contributed by atoms with E-state index in [9.17, 15) is 9.90 Å². The summed E-state index contributed by atoms with van der Waals surface area (Å²) in [5, 5.41) is 12.2. The minimum absolute atomic E-state index is 0.0555. The number of aliphatic hydroxyl groups is 1. The third-order valence-corrected chi connectivity index (χ3v) is 4.05. The molecule has 0 saturated carbocycles. The van der Waals surface area contributed by atoms with Gasteiger partial charge in [0.15, 0.2) is 0 Å². The van der Waals surface area contributed by atoms with Gasteiger partial charge in [0.05, 0.1) is 6.10 Å². The second-order valence-electron chi connectivity index (χ2n) is 5.12. The van der Waals surface area contributed by atoms with Crippen LogP contribution < -0.4 is 0 Å². The van der Waals surface area contributed by atoms with E-state index in [0.717, 1.165) is 11.4 Å². The topological polar surface area (TPSA) is 40.5 Å². The van der Waals surface area contributed by atoms with Gasteiger partial charge in [-0.1, -0.05) is 19.9 Å². The third kappa shape index (κ3) is 2.87. The van der Waals surface area contributed by atoms with Crippen molar-refractivity contribution in [3.63, 3.8) is 0 Å². The molecule has 2 atom stereocenters. The molecule has 4 heteroatoms. The molecule has 1 amide bonds. The van der Waals surface area contributed by atoms with Crippen LogP contribution in [0.15, 0.2) is 17.5 Å². The molecular formula is C13H19NO2S. The van der Waals surface area contributed by atoms with Crippen molar-refractivity contribution in [2.24, 2.45) is 11.8 Å². The number of carbonyl (C=O) groups excluding carboxylic acids is 1. The molecule has 2 heterocycles.